The van der Waals surface area contributed by atoms with Gasteiger partial charge in [0.15, 0.2) is 0 Å². The summed E-state index contributed by atoms with van der Waals surface area (Å²) in [6.07, 6.45) is 3.69. The van der Waals surface area contributed by atoms with Crippen LogP contribution < -0.4 is 0 Å². The van der Waals surface area contributed by atoms with E-state index in [1.54, 1.807) is 6.92 Å². The predicted octanol–water partition coefficient (Wildman–Crippen LogP) is 2.47. The first-order chi connectivity index (χ1) is 6.20. The Balaban J connectivity index is 2.48. The third-order valence-corrected chi connectivity index (χ3v) is 2.54. The molecule has 0 atom stereocenters. The molecule has 1 aromatic heterocycles. The fourth-order valence-corrected chi connectivity index (χ4v) is 1.96. The highest BCUT2D eigenvalue weighted by atomic mass is 19.3. The van der Waals surface area contributed by atoms with Crippen LogP contribution in [0.5, 0.6) is 0 Å². The number of alkyl halides is 2. The van der Waals surface area contributed by atoms with Gasteiger partial charge in [-0.25, -0.2) is 4.98 Å². The van der Waals surface area contributed by atoms with Crippen molar-refractivity contribution in [1.82, 2.24) is 9.55 Å². The summed E-state index contributed by atoms with van der Waals surface area (Å²) < 4.78 is 26.2. The summed E-state index contributed by atoms with van der Waals surface area (Å²) in [5, 5.41) is 0. The van der Waals surface area contributed by atoms with Gasteiger partial charge in [-0.3, -0.25) is 4.57 Å². The lowest BCUT2D eigenvalue weighted by Gasteiger charge is -2.13. The number of halogens is 2. The van der Waals surface area contributed by atoms with Crippen LogP contribution in [0.25, 0.3) is 0 Å². The summed E-state index contributed by atoms with van der Waals surface area (Å²) in [5.41, 5.74) is 1.63. The third-order valence-electron chi connectivity index (χ3n) is 2.54. The molecule has 1 aliphatic rings. The molecule has 2 nitrogen and oxygen atoms in total. The first-order valence-corrected chi connectivity index (χ1v) is 4.55. The lowest BCUT2D eigenvalue weighted by molar-refractivity contribution is 0.0646. The maximum atomic E-state index is 12.6. The molecule has 1 aromatic rings. The molecule has 72 valence electrons. The van der Waals surface area contributed by atoms with Crippen molar-refractivity contribution in [2.45, 2.75) is 39.2 Å². The Morgan fingerprint density at radius 2 is 2.00 bits per heavy atom. The van der Waals surface area contributed by atoms with E-state index in [-0.39, 0.29) is 0 Å². The lowest BCUT2D eigenvalue weighted by atomic mass is 10.0. The standard InChI is InChI=1S/C9H12F2N2/c1-6-12-7-4-2-3-5-8(7)13(6)9(10)11/h9H,2-5H2,1H3. The van der Waals surface area contributed by atoms with E-state index in [2.05, 4.69) is 4.98 Å². The van der Waals surface area contributed by atoms with Crippen molar-refractivity contribution in [3.63, 3.8) is 0 Å². The van der Waals surface area contributed by atoms with Gasteiger partial charge in [-0.1, -0.05) is 0 Å². The second kappa shape index (κ2) is 3.09. The van der Waals surface area contributed by atoms with Gasteiger partial charge in [-0.15, -0.1) is 0 Å². The quantitative estimate of drug-likeness (QED) is 0.658. The molecule has 0 bridgehead atoms. The third kappa shape index (κ3) is 1.34. The van der Waals surface area contributed by atoms with Crippen molar-refractivity contribution in [3.8, 4) is 0 Å². The second-order valence-electron chi connectivity index (χ2n) is 3.41. The molecule has 0 unspecified atom stereocenters. The predicted molar refractivity (Wildman–Crippen MR) is 44.9 cm³/mol. The van der Waals surface area contributed by atoms with Gasteiger partial charge in [0.05, 0.1) is 5.69 Å². The van der Waals surface area contributed by atoms with E-state index in [1.807, 2.05) is 0 Å². The molecule has 0 amide bonds. The van der Waals surface area contributed by atoms with E-state index in [4.69, 9.17) is 0 Å². The minimum Gasteiger partial charge on any atom is -0.275 e. The zero-order valence-electron chi connectivity index (χ0n) is 7.56. The van der Waals surface area contributed by atoms with E-state index in [1.165, 1.54) is 0 Å². The minimum absolute atomic E-state index is 0.446. The maximum absolute atomic E-state index is 12.6. The van der Waals surface area contributed by atoms with Crippen LogP contribution in [0.3, 0.4) is 0 Å². The summed E-state index contributed by atoms with van der Waals surface area (Å²) in [7, 11) is 0. The molecular weight excluding hydrogens is 174 g/mol. The number of fused-ring (bicyclic) bond motifs is 1. The van der Waals surface area contributed by atoms with Crippen LogP contribution in [0.4, 0.5) is 8.78 Å². The number of hydrogen-bond donors (Lipinski definition) is 0. The van der Waals surface area contributed by atoms with Gasteiger partial charge in [0, 0.05) is 5.69 Å². The smallest absolute Gasteiger partial charge is 0.275 e. The Hall–Kier alpha value is -0.930. The Labute approximate surface area is 75.6 Å². The molecular formula is C9H12F2N2. The Bertz CT molecular complexity index is 318. The molecule has 13 heavy (non-hydrogen) atoms. The van der Waals surface area contributed by atoms with E-state index >= 15 is 0 Å². The summed E-state index contributed by atoms with van der Waals surface area (Å²) in [5.74, 6) is 0.446. The molecule has 4 heteroatoms. The van der Waals surface area contributed by atoms with Gasteiger partial charge >= 0.3 is 6.55 Å². The normalized spacial score (nSPS) is 16.3. The van der Waals surface area contributed by atoms with Crippen LogP contribution in [-0.2, 0) is 12.8 Å². The van der Waals surface area contributed by atoms with Gasteiger partial charge < -0.3 is 0 Å². The Kier molecular flexibility index (Phi) is 2.06. The molecule has 0 aliphatic heterocycles. The highest BCUT2D eigenvalue weighted by Crippen LogP contribution is 2.26. The number of rotatable bonds is 1. The second-order valence-corrected chi connectivity index (χ2v) is 3.41. The van der Waals surface area contributed by atoms with Crippen LogP contribution in [-0.4, -0.2) is 9.55 Å². The van der Waals surface area contributed by atoms with Crippen LogP contribution in [0.2, 0.25) is 0 Å². The molecule has 2 rings (SSSR count). The molecule has 1 heterocycles. The first-order valence-electron chi connectivity index (χ1n) is 4.55. The summed E-state index contributed by atoms with van der Waals surface area (Å²) in [6.45, 7) is -0.792. The van der Waals surface area contributed by atoms with Gasteiger partial charge in [-0.2, -0.15) is 8.78 Å². The Morgan fingerprint density at radius 1 is 1.31 bits per heavy atom. The van der Waals surface area contributed by atoms with Gasteiger partial charge in [0.1, 0.15) is 5.82 Å². The van der Waals surface area contributed by atoms with Crippen molar-refractivity contribution in [1.29, 1.82) is 0 Å². The monoisotopic (exact) mass is 186 g/mol. The largest absolute Gasteiger partial charge is 0.320 e. The maximum Gasteiger partial charge on any atom is 0.320 e. The number of aryl methyl sites for hydroxylation is 2. The lowest BCUT2D eigenvalue weighted by Crippen LogP contribution is -2.09. The number of nitrogens with zero attached hydrogens (tertiary/aromatic N) is 2. The average Bonchev–Trinajstić information content (AvgIpc) is 2.39. The fraction of sp³-hybridized carbons (Fsp3) is 0.667. The van der Waals surface area contributed by atoms with Crippen LogP contribution in [0.1, 0.15) is 36.6 Å². The number of hydrogen-bond acceptors (Lipinski definition) is 1. The molecule has 0 aromatic carbocycles. The Morgan fingerprint density at radius 3 is 2.69 bits per heavy atom. The first kappa shape index (κ1) is 8.66. The zero-order chi connectivity index (χ0) is 9.42. The van der Waals surface area contributed by atoms with E-state index in [9.17, 15) is 8.78 Å². The van der Waals surface area contributed by atoms with E-state index < -0.39 is 6.55 Å². The average molecular weight is 186 g/mol. The van der Waals surface area contributed by atoms with Gasteiger partial charge in [0.2, 0.25) is 0 Å². The van der Waals surface area contributed by atoms with Crippen molar-refractivity contribution in [3.05, 3.63) is 17.2 Å². The topological polar surface area (TPSA) is 17.8 Å². The SMILES string of the molecule is Cc1nc2c(n1C(F)F)CCCC2. The molecule has 0 spiro atoms. The van der Waals surface area contributed by atoms with Crippen molar-refractivity contribution in [2.75, 3.05) is 0 Å². The van der Waals surface area contributed by atoms with Crippen LogP contribution >= 0.6 is 0 Å². The molecule has 0 fully saturated rings. The summed E-state index contributed by atoms with van der Waals surface area (Å²) >= 11 is 0. The van der Waals surface area contributed by atoms with Crippen LogP contribution in [0, 0.1) is 6.92 Å². The molecule has 1 aliphatic carbocycles. The molecule has 0 saturated carbocycles. The molecule has 0 saturated heterocycles. The number of imidazole rings is 1. The van der Waals surface area contributed by atoms with Gasteiger partial charge in [0.25, 0.3) is 0 Å². The van der Waals surface area contributed by atoms with E-state index in [0.29, 0.717) is 5.82 Å². The highest BCUT2D eigenvalue weighted by molar-refractivity contribution is 5.19. The minimum atomic E-state index is -2.44. The fourth-order valence-electron chi connectivity index (χ4n) is 1.96. The summed E-state index contributed by atoms with van der Waals surface area (Å²) in [4.78, 5) is 4.16. The molecule has 0 N–H and O–H groups in total. The van der Waals surface area contributed by atoms with Gasteiger partial charge in [-0.05, 0) is 32.6 Å². The molecule has 0 radical (unpaired) electrons. The number of aromatic nitrogens is 2. The van der Waals surface area contributed by atoms with Crippen molar-refractivity contribution in [2.24, 2.45) is 0 Å². The highest BCUT2D eigenvalue weighted by Gasteiger charge is 2.21. The zero-order valence-corrected chi connectivity index (χ0v) is 7.56. The van der Waals surface area contributed by atoms with Crippen molar-refractivity contribution < 1.29 is 8.78 Å². The van der Waals surface area contributed by atoms with Crippen molar-refractivity contribution >= 4 is 0 Å². The van der Waals surface area contributed by atoms with E-state index in [0.717, 1.165) is 41.6 Å². The van der Waals surface area contributed by atoms with Crippen LogP contribution in [0.15, 0.2) is 0 Å². The summed E-state index contributed by atoms with van der Waals surface area (Å²) in [6, 6.07) is 0.